The lowest BCUT2D eigenvalue weighted by atomic mass is 9.97. The van der Waals surface area contributed by atoms with Crippen molar-refractivity contribution in [3.05, 3.63) is 64.9 Å². The fraction of sp³-hybridized carbons (Fsp3) is 0.273. The fourth-order valence-electron chi connectivity index (χ4n) is 3.24. The van der Waals surface area contributed by atoms with E-state index in [-0.39, 0.29) is 30.7 Å². The van der Waals surface area contributed by atoms with Crippen molar-refractivity contribution in [1.29, 1.82) is 0 Å². The standard InChI is InChI=1S/C22H24N2O4/c1-14-5-10-18(15(2)13-14)19-20(22(26)24(21(19)25)11-12-27-3)23-16-6-8-17(28-4)9-7-16/h5-10,13,23H,11-12H2,1-4H3. The second-order valence-corrected chi connectivity index (χ2v) is 6.68. The summed E-state index contributed by atoms with van der Waals surface area (Å²) in [7, 11) is 3.13. The van der Waals surface area contributed by atoms with Crippen LogP contribution in [0.3, 0.4) is 0 Å². The Hall–Kier alpha value is -3.12. The van der Waals surface area contributed by atoms with Gasteiger partial charge in [-0.2, -0.15) is 0 Å². The molecule has 0 spiro atoms. The van der Waals surface area contributed by atoms with Crippen molar-refractivity contribution in [2.45, 2.75) is 13.8 Å². The molecule has 28 heavy (non-hydrogen) atoms. The molecule has 1 aliphatic heterocycles. The number of hydrogen-bond acceptors (Lipinski definition) is 5. The lowest BCUT2D eigenvalue weighted by Crippen LogP contribution is -2.35. The number of hydrogen-bond donors (Lipinski definition) is 1. The number of ether oxygens (including phenoxy) is 2. The Bertz CT molecular complexity index is 932. The van der Waals surface area contributed by atoms with E-state index >= 15 is 0 Å². The molecule has 1 aliphatic rings. The summed E-state index contributed by atoms with van der Waals surface area (Å²) < 4.78 is 10.2. The van der Waals surface area contributed by atoms with Gasteiger partial charge in [-0.25, -0.2) is 0 Å². The summed E-state index contributed by atoms with van der Waals surface area (Å²) in [4.78, 5) is 27.3. The summed E-state index contributed by atoms with van der Waals surface area (Å²) in [5, 5.41) is 3.14. The summed E-state index contributed by atoms with van der Waals surface area (Å²) in [6.45, 7) is 4.42. The Labute approximate surface area is 164 Å². The van der Waals surface area contributed by atoms with Crippen LogP contribution in [0.25, 0.3) is 5.57 Å². The normalized spacial score (nSPS) is 14.1. The molecule has 1 N–H and O–H groups in total. The Morgan fingerprint density at radius 1 is 0.964 bits per heavy atom. The second kappa shape index (κ2) is 8.27. The number of anilines is 1. The first-order chi connectivity index (χ1) is 13.5. The van der Waals surface area contributed by atoms with E-state index in [4.69, 9.17) is 9.47 Å². The minimum atomic E-state index is -0.354. The molecule has 0 saturated heterocycles. The number of benzene rings is 2. The molecule has 146 valence electrons. The van der Waals surface area contributed by atoms with Gasteiger partial charge in [-0.15, -0.1) is 0 Å². The van der Waals surface area contributed by atoms with Crippen LogP contribution >= 0.6 is 0 Å². The fourth-order valence-corrected chi connectivity index (χ4v) is 3.24. The highest BCUT2D eigenvalue weighted by molar-refractivity contribution is 6.36. The minimum absolute atomic E-state index is 0.205. The van der Waals surface area contributed by atoms with Gasteiger partial charge in [0.15, 0.2) is 0 Å². The van der Waals surface area contributed by atoms with E-state index in [9.17, 15) is 9.59 Å². The van der Waals surface area contributed by atoms with Crippen LogP contribution in [0.2, 0.25) is 0 Å². The molecule has 0 aromatic heterocycles. The number of carbonyl (C=O) groups is 2. The molecule has 0 aliphatic carbocycles. The molecular formula is C22H24N2O4. The van der Waals surface area contributed by atoms with Crippen LogP contribution in [-0.2, 0) is 14.3 Å². The maximum Gasteiger partial charge on any atom is 0.278 e. The number of amides is 2. The van der Waals surface area contributed by atoms with Crippen molar-refractivity contribution >= 4 is 23.1 Å². The molecule has 0 atom stereocenters. The van der Waals surface area contributed by atoms with Gasteiger partial charge in [0, 0.05) is 12.8 Å². The summed E-state index contributed by atoms with van der Waals surface area (Å²) >= 11 is 0. The molecule has 1 heterocycles. The van der Waals surface area contributed by atoms with Crippen molar-refractivity contribution in [1.82, 2.24) is 4.90 Å². The van der Waals surface area contributed by atoms with Crippen molar-refractivity contribution in [2.24, 2.45) is 0 Å². The SMILES string of the molecule is COCCN1C(=O)C(Nc2ccc(OC)cc2)=C(c2ccc(C)cc2C)C1=O. The summed E-state index contributed by atoms with van der Waals surface area (Å²) in [5.74, 6) is 0.0440. The highest BCUT2D eigenvalue weighted by Gasteiger charge is 2.39. The first-order valence-corrected chi connectivity index (χ1v) is 9.04. The number of imide groups is 1. The van der Waals surface area contributed by atoms with E-state index in [1.165, 1.54) is 4.90 Å². The van der Waals surface area contributed by atoms with Gasteiger partial charge in [0.05, 0.1) is 25.8 Å². The topological polar surface area (TPSA) is 67.9 Å². The van der Waals surface area contributed by atoms with E-state index in [1.54, 1.807) is 38.5 Å². The third-order valence-electron chi connectivity index (χ3n) is 4.70. The molecule has 3 rings (SSSR count). The smallest absolute Gasteiger partial charge is 0.278 e. The van der Waals surface area contributed by atoms with Crippen molar-refractivity contribution in [3.63, 3.8) is 0 Å². The van der Waals surface area contributed by atoms with Gasteiger partial charge in [0.1, 0.15) is 11.4 Å². The van der Waals surface area contributed by atoms with Gasteiger partial charge in [-0.05, 0) is 49.2 Å². The van der Waals surface area contributed by atoms with E-state index in [0.717, 1.165) is 16.7 Å². The quantitative estimate of drug-likeness (QED) is 0.748. The molecule has 6 heteroatoms. The Morgan fingerprint density at radius 3 is 2.29 bits per heavy atom. The Balaban J connectivity index is 2.05. The molecule has 2 aromatic rings. The zero-order valence-electron chi connectivity index (χ0n) is 16.5. The lowest BCUT2D eigenvalue weighted by Gasteiger charge is -2.14. The van der Waals surface area contributed by atoms with Crippen molar-refractivity contribution in [2.75, 3.05) is 32.7 Å². The Morgan fingerprint density at radius 2 is 1.68 bits per heavy atom. The highest BCUT2D eigenvalue weighted by atomic mass is 16.5. The van der Waals surface area contributed by atoms with E-state index in [1.807, 2.05) is 32.0 Å². The molecule has 0 fully saturated rings. The molecule has 0 unspecified atom stereocenters. The van der Waals surface area contributed by atoms with Crippen LogP contribution in [0.5, 0.6) is 5.75 Å². The number of carbonyl (C=O) groups excluding carboxylic acids is 2. The van der Waals surface area contributed by atoms with Gasteiger partial charge >= 0.3 is 0 Å². The van der Waals surface area contributed by atoms with E-state index < -0.39 is 0 Å². The van der Waals surface area contributed by atoms with Gasteiger partial charge in [0.2, 0.25) is 0 Å². The molecule has 2 aromatic carbocycles. The summed E-state index contributed by atoms with van der Waals surface area (Å²) in [6.07, 6.45) is 0. The first kappa shape index (κ1) is 19.6. The van der Waals surface area contributed by atoms with Crippen LogP contribution in [0.1, 0.15) is 16.7 Å². The summed E-state index contributed by atoms with van der Waals surface area (Å²) in [5.41, 5.74) is 4.15. The predicted molar refractivity (Wildman–Crippen MR) is 108 cm³/mol. The summed E-state index contributed by atoms with van der Waals surface area (Å²) in [6, 6.07) is 13.0. The zero-order valence-corrected chi connectivity index (χ0v) is 16.5. The molecule has 0 radical (unpaired) electrons. The number of nitrogens with zero attached hydrogens (tertiary/aromatic N) is 1. The highest BCUT2D eigenvalue weighted by Crippen LogP contribution is 2.32. The predicted octanol–water partition coefficient (Wildman–Crippen LogP) is 3.15. The van der Waals surface area contributed by atoms with Crippen LogP contribution in [0, 0.1) is 13.8 Å². The maximum atomic E-state index is 13.1. The third-order valence-corrected chi connectivity index (χ3v) is 4.70. The third kappa shape index (κ3) is 3.77. The van der Waals surface area contributed by atoms with Gasteiger partial charge < -0.3 is 14.8 Å². The van der Waals surface area contributed by atoms with Crippen molar-refractivity contribution < 1.29 is 19.1 Å². The number of methoxy groups -OCH3 is 2. The first-order valence-electron chi connectivity index (χ1n) is 9.04. The maximum absolute atomic E-state index is 13.1. The van der Waals surface area contributed by atoms with Crippen LogP contribution in [0.15, 0.2) is 48.2 Å². The van der Waals surface area contributed by atoms with Crippen molar-refractivity contribution in [3.8, 4) is 5.75 Å². The number of nitrogens with one attached hydrogen (secondary N) is 1. The van der Waals surface area contributed by atoms with Gasteiger partial charge in [-0.1, -0.05) is 23.8 Å². The largest absolute Gasteiger partial charge is 0.497 e. The monoisotopic (exact) mass is 380 g/mol. The molecule has 0 bridgehead atoms. The molecule has 6 nitrogen and oxygen atoms in total. The van der Waals surface area contributed by atoms with Crippen LogP contribution in [-0.4, -0.2) is 44.1 Å². The average Bonchev–Trinajstić information content (AvgIpc) is 2.91. The minimum Gasteiger partial charge on any atom is -0.497 e. The van der Waals surface area contributed by atoms with Gasteiger partial charge in [-0.3, -0.25) is 14.5 Å². The average molecular weight is 380 g/mol. The van der Waals surface area contributed by atoms with Crippen LogP contribution < -0.4 is 10.1 Å². The number of rotatable bonds is 7. The van der Waals surface area contributed by atoms with E-state index in [0.29, 0.717) is 17.0 Å². The van der Waals surface area contributed by atoms with Crippen LogP contribution in [0.4, 0.5) is 5.69 Å². The Kier molecular flexibility index (Phi) is 5.80. The molecule has 0 saturated carbocycles. The van der Waals surface area contributed by atoms with E-state index in [2.05, 4.69) is 5.32 Å². The lowest BCUT2D eigenvalue weighted by molar-refractivity contribution is -0.137. The second-order valence-electron chi connectivity index (χ2n) is 6.68. The molecular weight excluding hydrogens is 356 g/mol. The zero-order chi connectivity index (χ0) is 20.3. The van der Waals surface area contributed by atoms with Gasteiger partial charge in [0.25, 0.3) is 11.8 Å². The number of aryl methyl sites for hydroxylation is 2. The molecule has 2 amide bonds.